The summed E-state index contributed by atoms with van der Waals surface area (Å²) in [4.78, 5) is 39.8. The highest BCUT2D eigenvalue weighted by atomic mass is 35.5. The first kappa shape index (κ1) is 26.3. The van der Waals surface area contributed by atoms with Crippen molar-refractivity contribution < 1.29 is 27.6 Å². The Labute approximate surface area is 205 Å². The largest absolute Gasteiger partial charge is 0.472 e. The lowest BCUT2D eigenvalue weighted by Crippen LogP contribution is -2.53. The van der Waals surface area contributed by atoms with Gasteiger partial charge in [0, 0.05) is 36.8 Å². The van der Waals surface area contributed by atoms with Crippen molar-refractivity contribution >= 4 is 29.4 Å². The molecule has 8 nitrogen and oxygen atoms in total. The quantitative estimate of drug-likeness (QED) is 0.537. The van der Waals surface area contributed by atoms with Gasteiger partial charge in [-0.05, 0) is 41.9 Å². The van der Waals surface area contributed by atoms with Gasteiger partial charge in [0.25, 0.3) is 5.91 Å². The lowest BCUT2D eigenvalue weighted by Gasteiger charge is -2.41. The first-order valence-corrected chi connectivity index (χ1v) is 11.2. The molecule has 0 aromatic heterocycles. The van der Waals surface area contributed by atoms with Crippen LogP contribution in [0, 0.1) is 0 Å². The Kier molecular flexibility index (Phi) is 8.57. The normalized spacial score (nSPS) is 16.5. The number of hydrogen-bond acceptors (Lipinski definition) is 4. The molecule has 12 heteroatoms. The van der Waals surface area contributed by atoms with Crippen LogP contribution in [-0.4, -0.2) is 60.0 Å². The summed E-state index contributed by atoms with van der Waals surface area (Å²) in [6.07, 6.45) is -5.11. The maximum atomic E-state index is 13.0. The van der Waals surface area contributed by atoms with Crippen LogP contribution in [0.3, 0.4) is 0 Å². The Morgan fingerprint density at radius 1 is 1.00 bits per heavy atom. The van der Waals surface area contributed by atoms with Gasteiger partial charge in [0.15, 0.2) is 0 Å². The van der Waals surface area contributed by atoms with Gasteiger partial charge in [-0.3, -0.25) is 25.3 Å². The molecule has 0 saturated carbocycles. The molecular weight excluding hydrogens is 487 g/mol. The molecular formula is C23H25ClF3N5O3. The Bertz CT molecular complexity index is 1050. The number of rotatable bonds is 5. The van der Waals surface area contributed by atoms with Crippen LogP contribution in [-0.2, 0) is 11.3 Å². The predicted octanol–water partition coefficient (Wildman–Crippen LogP) is 3.25. The summed E-state index contributed by atoms with van der Waals surface area (Å²) < 4.78 is 36.6. The molecule has 1 heterocycles. The summed E-state index contributed by atoms with van der Waals surface area (Å²) in [7, 11) is 0. The minimum Gasteiger partial charge on any atom is -0.334 e. The fraction of sp³-hybridized carbons (Fsp3) is 0.348. The van der Waals surface area contributed by atoms with E-state index in [2.05, 4.69) is 17.1 Å². The number of hydrazine groups is 1. The van der Waals surface area contributed by atoms with Crippen molar-refractivity contribution in [2.75, 3.05) is 26.2 Å². The highest BCUT2D eigenvalue weighted by Gasteiger charge is 2.39. The summed E-state index contributed by atoms with van der Waals surface area (Å²) in [5.74, 6) is -3.18. The second kappa shape index (κ2) is 11.4. The summed E-state index contributed by atoms with van der Waals surface area (Å²) in [5.41, 5.74) is 4.72. The van der Waals surface area contributed by atoms with E-state index in [1.54, 1.807) is 34.6 Å². The van der Waals surface area contributed by atoms with Crippen molar-refractivity contribution in [3.63, 3.8) is 0 Å². The van der Waals surface area contributed by atoms with Gasteiger partial charge in [0.1, 0.15) is 0 Å². The lowest BCUT2D eigenvalue weighted by atomic mass is 10.0. The van der Waals surface area contributed by atoms with Crippen molar-refractivity contribution in [3.05, 3.63) is 70.2 Å². The molecule has 1 aliphatic rings. The summed E-state index contributed by atoms with van der Waals surface area (Å²) in [5, 5.41) is 3.50. The second-order valence-corrected chi connectivity index (χ2v) is 8.35. The third kappa shape index (κ3) is 7.09. The van der Waals surface area contributed by atoms with Crippen molar-refractivity contribution in [1.29, 1.82) is 0 Å². The molecule has 1 aliphatic heterocycles. The van der Waals surface area contributed by atoms with Gasteiger partial charge in [-0.15, -0.1) is 0 Å². The highest BCUT2D eigenvalue weighted by molar-refractivity contribution is 6.30. The summed E-state index contributed by atoms with van der Waals surface area (Å²) in [6, 6.07) is 12.9. The van der Waals surface area contributed by atoms with Crippen molar-refractivity contribution in [1.82, 2.24) is 26.0 Å². The second-order valence-electron chi connectivity index (χ2n) is 7.92. The molecule has 3 rings (SSSR count). The maximum Gasteiger partial charge on any atom is 0.472 e. The number of urea groups is 1. The third-order valence-corrected chi connectivity index (χ3v) is 5.89. The summed E-state index contributed by atoms with van der Waals surface area (Å²) in [6.45, 7) is 5.13. The van der Waals surface area contributed by atoms with E-state index in [1.807, 2.05) is 12.1 Å². The van der Waals surface area contributed by atoms with Crippen LogP contribution in [0.5, 0.6) is 0 Å². The zero-order valence-corrected chi connectivity index (χ0v) is 19.6. The van der Waals surface area contributed by atoms with Gasteiger partial charge in [-0.2, -0.15) is 13.2 Å². The molecule has 1 unspecified atom stereocenters. The fourth-order valence-electron chi connectivity index (χ4n) is 3.65. The molecule has 1 fully saturated rings. The molecule has 0 bridgehead atoms. The number of hydrogen-bond donors (Lipinski definition) is 3. The van der Waals surface area contributed by atoms with Gasteiger partial charge >= 0.3 is 18.1 Å². The zero-order valence-electron chi connectivity index (χ0n) is 18.9. The van der Waals surface area contributed by atoms with Crippen LogP contribution < -0.4 is 16.2 Å². The van der Waals surface area contributed by atoms with Crippen molar-refractivity contribution in [2.45, 2.75) is 25.7 Å². The maximum absolute atomic E-state index is 13.0. The molecule has 0 aliphatic carbocycles. The highest BCUT2D eigenvalue weighted by Crippen LogP contribution is 2.26. The molecule has 4 amide bonds. The van der Waals surface area contributed by atoms with Gasteiger partial charge in [0.2, 0.25) is 0 Å². The Morgan fingerprint density at radius 3 is 2.26 bits per heavy atom. The molecule has 35 heavy (non-hydrogen) atoms. The number of amides is 4. The smallest absolute Gasteiger partial charge is 0.334 e. The number of nitrogens with zero attached hydrogens (tertiary/aromatic N) is 2. The minimum atomic E-state index is -5.11. The fourth-order valence-corrected chi connectivity index (χ4v) is 3.78. The first-order valence-electron chi connectivity index (χ1n) is 10.9. The van der Waals surface area contributed by atoms with E-state index in [1.165, 1.54) is 17.6 Å². The van der Waals surface area contributed by atoms with Crippen LogP contribution >= 0.6 is 11.6 Å². The van der Waals surface area contributed by atoms with Crippen LogP contribution in [0.15, 0.2) is 48.5 Å². The van der Waals surface area contributed by atoms with E-state index in [9.17, 15) is 27.6 Å². The van der Waals surface area contributed by atoms with Gasteiger partial charge in [-0.1, -0.05) is 42.8 Å². The zero-order chi connectivity index (χ0) is 25.6. The number of piperazine rings is 1. The average molecular weight is 512 g/mol. The summed E-state index contributed by atoms with van der Waals surface area (Å²) >= 11 is 6.01. The van der Waals surface area contributed by atoms with Crippen LogP contribution in [0.1, 0.15) is 34.5 Å². The Morgan fingerprint density at radius 2 is 1.66 bits per heavy atom. The standard InChI is InChI=1S/C23H25ClF3N5O3/c1-2-31-11-12-32(19(14-31)16-7-9-18(24)10-8-16)22(35)28-13-15-3-5-17(6-4-15)20(33)29-30-21(34)23(25,26)27/h3-10,19H,2,11-14H2,1H3,(H,28,35)(H,29,33)(H,30,34). The van der Waals surface area contributed by atoms with Gasteiger partial charge in [-0.25, -0.2) is 4.79 Å². The van der Waals surface area contributed by atoms with E-state index >= 15 is 0 Å². The number of carbonyl (C=O) groups excluding carboxylic acids is 3. The molecule has 0 spiro atoms. The molecule has 1 saturated heterocycles. The van der Waals surface area contributed by atoms with E-state index in [4.69, 9.17) is 11.6 Å². The van der Waals surface area contributed by atoms with Crippen molar-refractivity contribution in [2.24, 2.45) is 0 Å². The van der Waals surface area contributed by atoms with Crippen molar-refractivity contribution in [3.8, 4) is 0 Å². The number of halogens is 4. The van der Waals surface area contributed by atoms with E-state index in [0.29, 0.717) is 23.7 Å². The third-order valence-electron chi connectivity index (χ3n) is 5.63. The minimum absolute atomic E-state index is 0.0426. The lowest BCUT2D eigenvalue weighted by molar-refractivity contribution is -0.174. The number of likely N-dealkylation sites (N-methyl/N-ethyl adjacent to an activating group) is 1. The number of benzene rings is 2. The first-order chi connectivity index (χ1) is 16.6. The van der Waals surface area contributed by atoms with Gasteiger partial charge in [0.05, 0.1) is 6.04 Å². The number of nitrogens with one attached hydrogen (secondary N) is 3. The van der Waals surface area contributed by atoms with E-state index in [-0.39, 0.29) is 24.2 Å². The molecule has 1 atom stereocenters. The topological polar surface area (TPSA) is 93.8 Å². The van der Waals surface area contributed by atoms with E-state index in [0.717, 1.165) is 18.7 Å². The molecule has 3 N–H and O–H groups in total. The number of alkyl halides is 3. The predicted molar refractivity (Wildman–Crippen MR) is 123 cm³/mol. The monoisotopic (exact) mass is 511 g/mol. The van der Waals surface area contributed by atoms with Gasteiger partial charge < -0.3 is 10.2 Å². The van der Waals surface area contributed by atoms with Crippen LogP contribution in [0.25, 0.3) is 0 Å². The molecule has 0 radical (unpaired) electrons. The molecule has 2 aromatic carbocycles. The Hall–Kier alpha value is -3.31. The molecule has 2 aromatic rings. The van der Waals surface area contributed by atoms with Crippen LogP contribution in [0.2, 0.25) is 5.02 Å². The molecule has 188 valence electrons. The average Bonchev–Trinajstić information content (AvgIpc) is 2.85. The van der Waals surface area contributed by atoms with E-state index < -0.39 is 18.0 Å². The van der Waals surface area contributed by atoms with Crippen LogP contribution in [0.4, 0.5) is 18.0 Å². The SMILES string of the molecule is CCN1CCN(C(=O)NCc2ccc(C(=O)NNC(=O)C(F)(F)F)cc2)C(c2ccc(Cl)cc2)C1. The Balaban J connectivity index is 1.58. The number of carbonyl (C=O) groups is 3.